The molecule has 2 rings (SSSR count). The quantitative estimate of drug-likeness (QED) is 0.281. The van der Waals surface area contributed by atoms with E-state index in [9.17, 15) is 21.6 Å². The number of halogens is 4. The average molecular weight is 567 g/mol. The maximum atomic E-state index is 12.6. The first kappa shape index (κ1) is 26.9. The van der Waals surface area contributed by atoms with Gasteiger partial charge in [-0.25, -0.2) is 8.42 Å². The van der Waals surface area contributed by atoms with E-state index in [1.54, 1.807) is 6.33 Å². The molecule has 1 aliphatic rings. The number of aromatic nitrogens is 3. The van der Waals surface area contributed by atoms with Crippen LogP contribution in [0.15, 0.2) is 11.3 Å². The molecule has 174 valence electrons. The predicted octanol–water partition coefficient (Wildman–Crippen LogP) is 1.58. The van der Waals surface area contributed by atoms with Crippen molar-refractivity contribution in [2.24, 2.45) is 10.9 Å². The van der Waals surface area contributed by atoms with Gasteiger partial charge in [-0.3, -0.25) is 4.99 Å². The molecule has 1 aromatic heterocycles. The third-order valence-corrected chi connectivity index (χ3v) is 6.34. The maximum Gasteiger partial charge on any atom is 0.511 e. The van der Waals surface area contributed by atoms with Crippen LogP contribution in [-0.2, 0) is 23.0 Å². The van der Waals surface area contributed by atoms with Gasteiger partial charge in [0, 0.05) is 45.7 Å². The summed E-state index contributed by atoms with van der Waals surface area (Å²) in [7, 11) is -5.24. The first-order valence-corrected chi connectivity index (χ1v) is 11.1. The summed E-state index contributed by atoms with van der Waals surface area (Å²) >= 11 is 0. The highest BCUT2D eigenvalue weighted by molar-refractivity contribution is 14.0. The van der Waals surface area contributed by atoms with Crippen LogP contribution < -0.4 is 10.6 Å². The van der Waals surface area contributed by atoms with Crippen molar-refractivity contribution >= 4 is 40.0 Å². The Morgan fingerprint density at radius 1 is 1.27 bits per heavy atom. The molecule has 1 aliphatic heterocycles. The Bertz CT molecular complexity index is 778. The Kier molecular flexibility index (Phi) is 10.8. The maximum absolute atomic E-state index is 12.6. The summed E-state index contributed by atoms with van der Waals surface area (Å²) < 4.78 is 63.3. The molecule has 0 unspecified atom stereocenters. The van der Waals surface area contributed by atoms with Crippen molar-refractivity contribution < 1.29 is 21.6 Å². The molecule has 0 aliphatic carbocycles. The number of hydrogen-bond acceptors (Lipinski definition) is 5. The Morgan fingerprint density at radius 3 is 2.50 bits per heavy atom. The minimum atomic E-state index is -5.25. The smallest absolute Gasteiger partial charge is 0.357 e. The summed E-state index contributed by atoms with van der Waals surface area (Å²) in [6, 6.07) is 0. The second-order valence-electron chi connectivity index (χ2n) is 6.73. The highest BCUT2D eigenvalue weighted by Gasteiger charge is 2.50. The van der Waals surface area contributed by atoms with Crippen molar-refractivity contribution in [2.45, 2.75) is 45.2 Å². The van der Waals surface area contributed by atoms with Crippen LogP contribution in [0.2, 0.25) is 0 Å². The van der Waals surface area contributed by atoms with E-state index >= 15 is 0 Å². The van der Waals surface area contributed by atoms with Crippen LogP contribution in [0, 0.1) is 5.92 Å². The van der Waals surface area contributed by atoms with Crippen LogP contribution in [-0.4, -0.2) is 71.7 Å². The number of sulfonamides is 1. The zero-order chi connectivity index (χ0) is 21.5. The van der Waals surface area contributed by atoms with Crippen molar-refractivity contribution in [1.29, 1.82) is 0 Å². The van der Waals surface area contributed by atoms with Crippen molar-refractivity contribution in [3.05, 3.63) is 12.2 Å². The molecule has 1 fully saturated rings. The zero-order valence-electron chi connectivity index (χ0n) is 17.0. The van der Waals surface area contributed by atoms with E-state index in [0.717, 1.165) is 12.2 Å². The van der Waals surface area contributed by atoms with Gasteiger partial charge in [-0.1, -0.05) is 6.92 Å². The van der Waals surface area contributed by atoms with E-state index in [2.05, 4.69) is 25.8 Å². The largest absolute Gasteiger partial charge is 0.511 e. The number of nitrogens with one attached hydrogen (secondary N) is 2. The molecule has 0 radical (unpaired) electrons. The molecule has 9 nitrogen and oxygen atoms in total. The minimum absolute atomic E-state index is 0. The molecule has 0 spiro atoms. The molecule has 2 N–H and O–H groups in total. The molecule has 2 heterocycles. The molecule has 30 heavy (non-hydrogen) atoms. The lowest BCUT2D eigenvalue weighted by Gasteiger charge is -2.30. The number of guanidine groups is 1. The lowest BCUT2D eigenvalue weighted by atomic mass is 9.98. The van der Waals surface area contributed by atoms with E-state index in [4.69, 9.17) is 0 Å². The van der Waals surface area contributed by atoms with E-state index in [-0.39, 0.29) is 43.0 Å². The van der Waals surface area contributed by atoms with Gasteiger partial charge in [0.15, 0.2) is 5.96 Å². The predicted molar refractivity (Wildman–Crippen MR) is 118 cm³/mol. The van der Waals surface area contributed by atoms with Gasteiger partial charge in [0.25, 0.3) is 0 Å². The second-order valence-corrected chi connectivity index (χ2v) is 8.66. The van der Waals surface area contributed by atoms with Gasteiger partial charge in [-0.2, -0.15) is 17.5 Å². The van der Waals surface area contributed by atoms with Crippen LogP contribution in [0.25, 0.3) is 0 Å². The number of alkyl halides is 3. The number of rotatable bonds is 8. The molecule has 0 aromatic carbocycles. The summed E-state index contributed by atoms with van der Waals surface area (Å²) in [6.45, 7) is 6.03. The first-order valence-electron chi connectivity index (χ1n) is 9.64. The lowest BCUT2D eigenvalue weighted by Crippen LogP contribution is -2.45. The molecular weight excluding hydrogens is 538 g/mol. The molecule has 14 heteroatoms. The highest BCUT2D eigenvalue weighted by Crippen LogP contribution is 2.30. The van der Waals surface area contributed by atoms with E-state index < -0.39 is 15.5 Å². The Hall–Kier alpha value is -1.16. The van der Waals surface area contributed by atoms with E-state index in [1.807, 2.05) is 18.4 Å². The number of nitrogens with zero attached hydrogens (tertiary/aromatic N) is 5. The fourth-order valence-electron chi connectivity index (χ4n) is 3.07. The zero-order valence-corrected chi connectivity index (χ0v) is 20.2. The highest BCUT2D eigenvalue weighted by atomic mass is 127. The van der Waals surface area contributed by atoms with Crippen LogP contribution >= 0.6 is 24.0 Å². The molecule has 0 bridgehead atoms. The fraction of sp³-hybridized carbons (Fsp3) is 0.812. The Balaban J connectivity index is 0.00000450. The van der Waals surface area contributed by atoms with Gasteiger partial charge in [0.1, 0.15) is 12.2 Å². The van der Waals surface area contributed by atoms with E-state index in [0.29, 0.717) is 49.3 Å². The van der Waals surface area contributed by atoms with Gasteiger partial charge >= 0.3 is 15.5 Å². The minimum Gasteiger partial charge on any atom is -0.357 e. The molecule has 1 aromatic rings. The van der Waals surface area contributed by atoms with E-state index in [1.165, 1.54) is 0 Å². The normalized spacial score (nSPS) is 16.9. The number of hydrogen-bond donors (Lipinski definition) is 2. The van der Waals surface area contributed by atoms with Crippen molar-refractivity contribution in [3.63, 3.8) is 0 Å². The summed E-state index contributed by atoms with van der Waals surface area (Å²) in [5, 5.41) is 14.2. The molecule has 0 atom stereocenters. The molecule has 1 saturated heterocycles. The Labute approximate surface area is 192 Å². The average Bonchev–Trinajstić information content (AvgIpc) is 3.13. The fourth-order valence-corrected chi connectivity index (χ4v) is 4.06. The van der Waals surface area contributed by atoms with Crippen molar-refractivity contribution in [3.8, 4) is 0 Å². The van der Waals surface area contributed by atoms with Crippen molar-refractivity contribution in [1.82, 2.24) is 29.7 Å². The topological polar surface area (TPSA) is 105 Å². The number of piperidine rings is 1. The van der Waals surface area contributed by atoms with Gasteiger partial charge in [0.2, 0.25) is 0 Å². The summed E-state index contributed by atoms with van der Waals surface area (Å²) in [6.07, 6.45) is 3.15. The summed E-state index contributed by atoms with van der Waals surface area (Å²) in [4.78, 5) is 4.50. The van der Waals surface area contributed by atoms with Gasteiger partial charge < -0.3 is 15.2 Å². The summed E-state index contributed by atoms with van der Waals surface area (Å²) in [5.74, 6) is 1.55. The van der Waals surface area contributed by atoms with Crippen LogP contribution in [0.3, 0.4) is 0 Å². The molecule has 0 saturated carbocycles. The van der Waals surface area contributed by atoms with Gasteiger partial charge in [0.05, 0.1) is 0 Å². The number of aryl methyl sites for hydroxylation is 1. The first-order chi connectivity index (χ1) is 13.7. The molecular formula is C16H29F3IN7O2S. The SMILES string of the molecule is CCNC(=NCC1CCN(S(=O)(=O)C(F)(F)F)CC1)NCCn1cnnc1CC.I. The monoisotopic (exact) mass is 567 g/mol. The van der Waals surface area contributed by atoms with Crippen molar-refractivity contribution in [2.75, 3.05) is 32.7 Å². The van der Waals surface area contributed by atoms with Crippen LogP contribution in [0.1, 0.15) is 32.5 Å². The second kappa shape index (κ2) is 12.0. The summed E-state index contributed by atoms with van der Waals surface area (Å²) in [5.41, 5.74) is -5.25. The Morgan fingerprint density at radius 2 is 1.93 bits per heavy atom. The van der Waals surface area contributed by atoms with Gasteiger partial charge in [-0.05, 0) is 25.7 Å². The number of aliphatic imine (C=N–C) groups is 1. The van der Waals surface area contributed by atoms with Crippen LogP contribution in [0.5, 0.6) is 0 Å². The standard InChI is InChI=1S/C16H28F3N7O2S.HI/c1-3-14-24-23-12-25(14)10-7-21-15(20-4-2)22-11-13-5-8-26(9-6-13)29(27,28)16(17,18)19;/h12-13H,3-11H2,1-2H3,(H2,20,21,22);1H. The van der Waals surface area contributed by atoms with Gasteiger partial charge in [-0.15, -0.1) is 34.2 Å². The third-order valence-electron chi connectivity index (χ3n) is 4.71. The van der Waals surface area contributed by atoms with Crippen LogP contribution in [0.4, 0.5) is 13.2 Å². The molecule has 0 amide bonds. The lowest BCUT2D eigenvalue weighted by molar-refractivity contribution is -0.0496. The third kappa shape index (κ3) is 7.21.